The van der Waals surface area contributed by atoms with Crippen LogP contribution in [0.3, 0.4) is 0 Å². The van der Waals surface area contributed by atoms with Crippen molar-refractivity contribution in [2.45, 2.75) is 19.8 Å². The van der Waals surface area contributed by atoms with Crippen LogP contribution in [0.2, 0.25) is 5.02 Å². The molecule has 24 heavy (non-hydrogen) atoms. The predicted octanol–water partition coefficient (Wildman–Crippen LogP) is 3.82. The maximum atomic E-state index is 11.7. The lowest BCUT2D eigenvalue weighted by atomic mass is 10.1. The molecule has 2 rings (SSSR count). The summed E-state index contributed by atoms with van der Waals surface area (Å²) in [5.41, 5.74) is 2.33. The van der Waals surface area contributed by atoms with E-state index in [-0.39, 0.29) is 6.03 Å². The average molecular weight is 347 g/mol. The molecular formula is C19H23ClN2O2. The summed E-state index contributed by atoms with van der Waals surface area (Å²) in [6.07, 6.45) is 1.72. The molecule has 2 aromatic rings. The summed E-state index contributed by atoms with van der Waals surface area (Å²) in [5.74, 6) is 0.831. The van der Waals surface area contributed by atoms with Crippen LogP contribution in [0.1, 0.15) is 18.1 Å². The van der Waals surface area contributed by atoms with Gasteiger partial charge >= 0.3 is 6.03 Å². The normalized spacial score (nSPS) is 10.2. The molecule has 128 valence electrons. The van der Waals surface area contributed by atoms with Crippen LogP contribution in [-0.4, -0.2) is 25.7 Å². The lowest BCUT2D eigenvalue weighted by Gasteiger charge is -2.10. The van der Waals surface area contributed by atoms with Crippen molar-refractivity contribution in [1.82, 2.24) is 10.6 Å². The Bertz CT molecular complexity index is 661. The minimum Gasteiger partial charge on any atom is -0.492 e. The molecule has 2 N–H and O–H groups in total. The fourth-order valence-electron chi connectivity index (χ4n) is 2.26. The highest BCUT2D eigenvalue weighted by Gasteiger charge is 2.01. The Labute approximate surface area is 148 Å². The molecule has 0 spiro atoms. The van der Waals surface area contributed by atoms with Gasteiger partial charge in [-0.15, -0.1) is 0 Å². The van der Waals surface area contributed by atoms with E-state index in [2.05, 4.69) is 23.6 Å². The second-order valence-corrected chi connectivity index (χ2v) is 5.85. The fraction of sp³-hybridized carbons (Fsp3) is 0.316. The van der Waals surface area contributed by atoms with Crippen molar-refractivity contribution in [2.75, 3.05) is 19.7 Å². The van der Waals surface area contributed by atoms with Crippen LogP contribution in [-0.2, 0) is 12.8 Å². The van der Waals surface area contributed by atoms with Gasteiger partial charge in [0.25, 0.3) is 0 Å². The van der Waals surface area contributed by atoms with Gasteiger partial charge in [0.05, 0.1) is 6.54 Å². The maximum Gasteiger partial charge on any atom is 0.314 e. The van der Waals surface area contributed by atoms with E-state index in [4.69, 9.17) is 16.3 Å². The Morgan fingerprint density at radius 1 is 1.04 bits per heavy atom. The summed E-state index contributed by atoms with van der Waals surface area (Å²) in [6.45, 7) is 3.56. The molecule has 0 saturated carbocycles. The molecule has 0 aromatic heterocycles. The summed E-state index contributed by atoms with van der Waals surface area (Å²) >= 11 is 5.93. The van der Waals surface area contributed by atoms with Crippen molar-refractivity contribution < 1.29 is 9.53 Å². The number of carbonyl (C=O) groups excluding carboxylic acids is 1. The number of ether oxygens (including phenoxy) is 1. The Morgan fingerprint density at radius 3 is 2.58 bits per heavy atom. The van der Waals surface area contributed by atoms with Crippen LogP contribution in [0.4, 0.5) is 4.79 Å². The zero-order valence-corrected chi connectivity index (χ0v) is 14.6. The largest absolute Gasteiger partial charge is 0.492 e. The summed E-state index contributed by atoms with van der Waals surface area (Å²) in [5, 5.41) is 6.31. The second kappa shape index (κ2) is 9.83. The van der Waals surface area contributed by atoms with Crippen molar-refractivity contribution in [1.29, 1.82) is 0 Å². The minimum atomic E-state index is -0.192. The molecule has 2 aromatic carbocycles. The van der Waals surface area contributed by atoms with Gasteiger partial charge in [0.2, 0.25) is 0 Å². The summed E-state index contributed by atoms with van der Waals surface area (Å²) in [4.78, 5) is 11.7. The van der Waals surface area contributed by atoms with Gasteiger partial charge < -0.3 is 15.4 Å². The van der Waals surface area contributed by atoms with Crippen LogP contribution in [0.25, 0.3) is 0 Å². The van der Waals surface area contributed by atoms with E-state index in [1.165, 1.54) is 5.56 Å². The zero-order valence-electron chi connectivity index (χ0n) is 13.8. The fourth-order valence-corrected chi connectivity index (χ4v) is 2.48. The van der Waals surface area contributed by atoms with Crippen LogP contribution in [0.15, 0.2) is 48.5 Å². The quantitative estimate of drug-likeness (QED) is 0.714. The molecule has 0 saturated heterocycles. The van der Waals surface area contributed by atoms with Crippen LogP contribution in [0.5, 0.6) is 5.75 Å². The lowest BCUT2D eigenvalue weighted by molar-refractivity contribution is 0.236. The van der Waals surface area contributed by atoms with Crippen LogP contribution < -0.4 is 15.4 Å². The van der Waals surface area contributed by atoms with E-state index in [9.17, 15) is 4.79 Å². The number of carbonyl (C=O) groups is 1. The first-order valence-corrected chi connectivity index (χ1v) is 8.53. The molecule has 0 radical (unpaired) electrons. The Hall–Kier alpha value is -2.20. The van der Waals surface area contributed by atoms with E-state index in [0.29, 0.717) is 24.7 Å². The number of halogens is 1. The van der Waals surface area contributed by atoms with E-state index in [1.807, 2.05) is 42.5 Å². The van der Waals surface area contributed by atoms with Crippen LogP contribution in [0, 0.1) is 0 Å². The van der Waals surface area contributed by atoms with Crippen molar-refractivity contribution >= 4 is 17.6 Å². The molecule has 0 bridgehead atoms. The minimum absolute atomic E-state index is 0.192. The van der Waals surface area contributed by atoms with Gasteiger partial charge in [-0.1, -0.05) is 42.8 Å². The SMILES string of the molecule is CCc1cccc(OCCNC(=O)NCCc2cccc(Cl)c2)c1. The second-order valence-electron chi connectivity index (χ2n) is 5.41. The number of hydrogen-bond donors (Lipinski definition) is 2. The molecule has 0 atom stereocenters. The van der Waals surface area contributed by atoms with Gasteiger partial charge in [0.15, 0.2) is 0 Å². The van der Waals surface area contributed by atoms with Crippen molar-refractivity contribution in [3.05, 3.63) is 64.7 Å². The zero-order chi connectivity index (χ0) is 17.2. The number of rotatable bonds is 8. The first-order chi connectivity index (χ1) is 11.7. The molecule has 2 amide bonds. The van der Waals surface area contributed by atoms with Crippen molar-refractivity contribution in [2.24, 2.45) is 0 Å². The molecule has 0 fully saturated rings. The van der Waals surface area contributed by atoms with Gasteiger partial charge in [0, 0.05) is 11.6 Å². The lowest BCUT2D eigenvalue weighted by Crippen LogP contribution is -2.38. The molecule has 0 unspecified atom stereocenters. The van der Waals surface area contributed by atoms with Crippen molar-refractivity contribution in [3.8, 4) is 5.75 Å². The van der Waals surface area contributed by atoms with E-state index < -0.39 is 0 Å². The first-order valence-electron chi connectivity index (χ1n) is 8.15. The molecule has 4 nitrogen and oxygen atoms in total. The van der Waals surface area contributed by atoms with E-state index in [0.717, 1.165) is 24.2 Å². The third-order valence-corrected chi connectivity index (χ3v) is 3.79. The third-order valence-electron chi connectivity index (χ3n) is 3.55. The first kappa shape index (κ1) is 18.1. The number of benzene rings is 2. The third kappa shape index (κ3) is 6.50. The summed E-state index contributed by atoms with van der Waals surface area (Å²) in [6, 6.07) is 15.4. The highest BCUT2D eigenvalue weighted by Crippen LogP contribution is 2.13. The number of aryl methyl sites for hydroxylation is 1. The average Bonchev–Trinajstić information content (AvgIpc) is 2.59. The summed E-state index contributed by atoms with van der Waals surface area (Å²) < 4.78 is 5.63. The number of hydrogen-bond acceptors (Lipinski definition) is 2. The molecular weight excluding hydrogens is 324 g/mol. The Kier molecular flexibility index (Phi) is 7.43. The van der Waals surface area contributed by atoms with Gasteiger partial charge in [-0.3, -0.25) is 0 Å². The van der Waals surface area contributed by atoms with E-state index >= 15 is 0 Å². The molecule has 5 heteroatoms. The highest BCUT2D eigenvalue weighted by atomic mass is 35.5. The Morgan fingerprint density at radius 2 is 1.79 bits per heavy atom. The van der Waals surface area contributed by atoms with Crippen molar-refractivity contribution in [3.63, 3.8) is 0 Å². The number of urea groups is 1. The number of nitrogens with one attached hydrogen (secondary N) is 2. The Balaban J connectivity index is 1.59. The number of amides is 2. The monoisotopic (exact) mass is 346 g/mol. The van der Waals surface area contributed by atoms with E-state index in [1.54, 1.807) is 0 Å². The maximum absolute atomic E-state index is 11.7. The topological polar surface area (TPSA) is 50.4 Å². The smallest absolute Gasteiger partial charge is 0.314 e. The molecule has 0 heterocycles. The highest BCUT2D eigenvalue weighted by molar-refractivity contribution is 6.30. The van der Waals surface area contributed by atoms with Crippen LogP contribution >= 0.6 is 11.6 Å². The van der Waals surface area contributed by atoms with Gasteiger partial charge in [0.1, 0.15) is 12.4 Å². The van der Waals surface area contributed by atoms with Gasteiger partial charge in [-0.2, -0.15) is 0 Å². The molecule has 0 aliphatic carbocycles. The summed E-state index contributed by atoms with van der Waals surface area (Å²) in [7, 11) is 0. The predicted molar refractivity (Wildman–Crippen MR) is 97.9 cm³/mol. The molecule has 0 aliphatic heterocycles. The molecule has 0 aliphatic rings. The standard InChI is InChI=1S/C19H23ClN2O2/c1-2-15-5-4-8-18(14-15)24-12-11-22-19(23)21-10-9-16-6-3-7-17(20)13-16/h3-8,13-14H,2,9-12H2,1H3,(H2,21,22,23). The van der Waals surface area contributed by atoms with Gasteiger partial charge in [-0.05, 0) is 48.2 Å². The van der Waals surface area contributed by atoms with Gasteiger partial charge in [-0.25, -0.2) is 4.79 Å².